The maximum Gasteiger partial charge on any atom is -0.0122 e. The first-order valence-electron chi connectivity index (χ1n) is 7.43. The Kier molecular flexibility index (Phi) is 6.97. The summed E-state index contributed by atoms with van der Waals surface area (Å²) in [5, 5.41) is 0.795. The van der Waals surface area contributed by atoms with Gasteiger partial charge in [-0.25, -0.2) is 0 Å². The van der Waals surface area contributed by atoms with E-state index in [-0.39, 0.29) is 0 Å². The van der Waals surface area contributed by atoms with Crippen LogP contribution in [0.25, 0.3) is 0 Å². The minimum Gasteiger partial charge on any atom is -0.116 e. The van der Waals surface area contributed by atoms with Crippen LogP contribution >= 0.6 is 8.58 Å². The molecule has 1 unspecified atom stereocenters. The van der Waals surface area contributed by atoms with Crippen LogP contribution in [0.1, 0.15) is 78.6 Å². The summed E-state index contributed by atoms with van der Waals surface area (Å²) in [4.78, 5) is 0. The highest BCUT2D eigenvalue weighted by molar-refractivity contribution is 7.40. The van der Waals surface area contributed by atoms with Crippen molar-refractivity contribution in [2.75, 3.05) is 6.16 Å². The van der Waals surface area contributed by atoms with Gasteiger partial charge >= 0.3 is 0 Å². The monoisotopic (exact) mass is 242 g/mol. The normalized spacial score (nSPS) is 21.0. The van der Waals surface area contributed by atoms with E-state index in [1.165, 1.54) is 59.7 Å². The second-order valence-electron chi connectivity index (χ2n) is 6.05. The van der Waals surface area contributed by atoms with Crippen LogP contribution in [0.15, 0.2) is 0 Å². The minimum absolute atomic E-state index is 0.795. The van der Waals surface area contributed by atoms with E-state index < -0.39 is 0 Å². The Hall–Kier alpha value is 0.430. The summed E-state index contributed by atoms with van der Waals surface area (Å²) in [6, 6.07) is 0. The van der Waals surface area contributed by atoms with Crippen molar-refractivity contribution >= 4 is 8.58 Å². The summed E-state index contributed by atoms with van der Waals surface area (Å²) in [7, 11) is 1.25. The van der Waals surface area contributed by atoms with Crippen molar-refractivity contribution in [1.82, 2.24) is 0 Å². The molecule has 1 aliphatic carbocycles. The molecule has 0 nitrogen and oxygen atoms in total. The van der Waals surface area contributed by atoms with Gasteiger partial charge in [0, 0.05) is 0 Å². The van der Waals surface area contributed by atoms with Crippen LogP contribution < -0.4 is 0 Å². The molecule has 0 spiro atoms. The SMILES string of the molecule is CCCCC1(PCCC(C)C)CCCCC1. The first-order chi connectivity index (χ1) is 7.68. The number of hydrogen-bond donors (Lipinski definition) is 0. The smallest absolute Gasteiger partial charge is 0.0122 e. The second-order valence-corrected chi connectivity index (χ2v) is 7.97. The molecule has 1 rings (SSSR count). The highest BCUT2D eigenvalue weighted by atomic mass is 31.1. The predicted octanol–water partition coefficient (Wildman–Crippen LogP) is 5.60. The van der Waals surface area contributed by atoms with E-state index in [4.69, 9.17) is 0 Å². The van der Waals surface area contributed by atoms with E-state index in [1.807, 2.05) is 0 Å². The molecule has 1 fully saturated rings. The van der Waals surface area contributed by atoms with E-state index in [0.29, 0.717) is 0 Å². The second kappa shape index (κ2) is 7.70. The number of hydrogen-bond acceptors (Lipinski definition) is 0. The van der Waals surface area contributed by atoms with Gasteiger partial charge in [0.2, 0.25) is 0 Å². The van der Waals surface area contributed by atoms with Crippen LogP contribution in [0.4, 0.5) is 0 Å². The molecule has 1 aliphatic rings. The van der Waals surface area contributed by atoms with Crippen LogP contribution in [0.5, 0.6) is 0 Å². The molecule has 0 radical (unpaired) electrons. The summed E-state index contributed by atoms with van der Waals surface area (Å²) < 4.78 is 0. The van der Waals surface area contributed by atoms with Gasteiger partial charge in [-0.3, -0.25) is 0 Å². The third-order valence-electron chi connectivity index (χ3n) is 4.04. The van der Waals surface area contributed by atoms with E-state index >= 15 is 0 Å². The molecule has 0 heterocycles. The van der Waals surface area contributed by atoms with Gasteiger partial charge in [0.05, 0.1) is 0 Å². The van der Waals surface area contributed by atoms with Gasteiger partial charge in [-0.15, -0.1) is 8.58 Å². The van der Waals surface area contributed by atoms with E-state index in [1.54, 1.807) is 12.8 Å². The highest BCUT2D eigenvalue weighted by Gasteiger charge is 2.30. The molecule has 0 aliphatic heterocycles. The third kappa shape index (κ3) is 5.17. The molecular weight excluding hydrogens is 211 g/mol. The molecule has 0 saturated heterocycles. The third-order valence-corrected chi connectivity index (χ3v) is 6.08. The maximum atomic E-state index is 2.37. The Labute approximate surface area is 105 Å². The molecule has 0 aromatic rings. The van der Waals surface area contributed by atoms with Crippen molar-refractivity contribution in [3.8, 4) is 0 Å². The number of unbranched alkanes of at least 4 members (excludes halogenated alkanes) is 1. The largest absolute Gasteiger partial charge is 0.116 e. The van der Waals surface area contributed by atoms with Crippen molar-refractivity contribution in [3.63, 3.8) is 0 Å². The zero-order valence-electron chi connectivity index (χ0n) is 11.6. The molecule has 0 bridgehead atoms. The molecule has 96 valence electrons. The Balaban J connectivity index is 2.36. The lowest BCUT2D eigenvalue weighted by atomic mass is 9.84. The summed E-state index contributed by atoms with van der Waals surface area (Å²) in [5.41, 5.74) is 0. The topological polar surface area (TPSA) is 0 Å². The quantitative estimate of drug-likeness (QED) is 0.509. The minimum atomic E-state index is 0.795. The fourth-order valence-corrected chi connectivity index (χ4v) is 5.20. The summed E-state index contributed by atoms with van der Waals surface area (Å²) in [5.74, 6) is 0.902. The molecule has 0 N–H and O–H groups in total. The van der Waals surface area contributed by atoms with E-state index in [9.17, 15) is 0 Å². The predicted molar refractivity (Wildman–Crippen MR) is 78.0 cm³/mol. The highest BCUT2D eigenvalue weighted by Crippen LogP contribution is 2.48. The Morgan fingerprint density at radius 2 is 1.81 bits per heavy atom. The van der Waals surface area contributed by atoms with Crippen LogP contribution in [0, 0.1) is 5.92 Å². The molecule has 1 saturated carbocycles. The molecule has 0 aromatic carbocycles. The number of rotatable bonds is 7. The van der Waals surface area contributed by atoms with Crippen molar-refractivity contribution in [2.24, 2.45) is 5.92 Å². The van der Waals surface area contributed by atoms with Crippen LogP contribution in [0.3, 0.4) is 0 Å². The van der Waals surface area contributed by atoms with Crippen LogP contribution in [-0.4, -0.2) is 11.3 Å². The molecule has 1 heteroatoms. The lowest BCUT2D eigenvalue weighted by Gasteiger charge is -2.38. The first-order valence-corrected chi connectivity index (χ1v) is 8.64. The molecule has 1 atom stereocenters. The van der Waals surface area contributed by atoms with Crippen molar-refractivity contribution < 1.29 is 0 Å². The molecule has 0 aromatic heterocycles. The van der Waals surface area contributed by atoms with Crippen molar-refractivity contribution in [1.29, 1.82) is 0 Å². The molecule has 0 amide bonds. The van der Waals surface area contributed by atoms with Gasteiger partial charge in [-0.1, -0.05) is 52.9 Å². The van der Waals surface area contributed by atoms with E-state index in [2.05, 4.69) is 20.8 Å². The first kappa shape index (κ1) is 14.5. The van der Waals surface area contributed by atoms with Gasteiger partial charge in [-0.05, 0) is 42.9 Å². The molecular formula is C15H31P. The zero-order chi connectivity index (χ0) is 11.9. The fourth-order valence-electron chi connectivity index (χ4n) is 2.88. The lowest BCUT2D eigenvalue weighted by Crippen LogP contribution is -2.27. The van der Waals surface area contributed by atoms with Gasteiger partial charge in [0.15, 0.2) is 0 Å². The summed E-state index contributed by atoms with van der Waals surface area (Å²) >= 11 is 0. The Bertz CT molecular complexity index is 168. The lowest BCUT2D eigenvalue weighted by molar-refractivity contribution is 0.365. The molecule has 16 heavy (non-hydrogen) atoms. The summed E-state index contributed by atoms with van der Waals surface area (Å²) in [6.45, 7) is 7.07. The van der Waals surface area contributed by atoms with Gasteiger partial charge < -0.3 is 0 Å². The Morgan fingerprint density at radius 3 is 2.38 bits per heavy atom. The zero-order valence-corrected chi connectivity index (χ0v) is 12.6. The van der Waals surface area contributed by atoms with Gasteiger partial charge in [-0.2, -0.15) is 0 Å². The average Bonchev–Trinajstić information content (AvgIpc) is 2.27. The van der Waals surface area contributed by atoms with Crippen molar-refractivity contribution in [3.05, 3.63) is 0 Å². The maximum absolute atomic E-state index is 2.37. The Morgan fingerprint density at radius 1 is 1.12 bits per heavy atom. The van der Waals surface area contributed by atoms with Crippen LogP contribution in [-0.2, 0) is 0 Å². The van der Waals surface area contributed by atoms with Crippen LogP contribution in [0.2, 0.25) is 0 Å². The summed E-state index contributed by atoms with van der Waals surface area (Å²) in [6.07, 6.45) is 14.9. The van der Waals surface area contributed by atoms with Gasteiger partial charge in [0.1, 0.15) is 0 Å². The van der Waals surface area contributed by atoms with E-state index in [0.717, 1.165) is 11.1 Å². The fraction of sp³-hybridized carbons (Fsp3) is 1.00. The standard InChI is InChI=1S/C15H31P/c1-4-5-10-15(11-7-6-8-12-15)16-13-9-14(2)3/h14,16H,4-13H2,1-3H3. The van der Waals surface area contributed by atoms with Gasteiger partial charge in [0.25, 0.3) is 0 Å². The van der Waals surface area contributed by atoms with Crippen molar-refractivity contribution in [2.45, 2.75) is 83.7 Å². The average molecular weight is 242 g/mol.